The molecule has 0 bridgehead atoms. The van der Waals surface area contributed by atoms with Crippen molar-refractivity contribution in [3.05, 3.63) is 51.9 Å². The van der Waals surface area contributed by atoms with Gasteiger partial charge in [-0.05, 0) is 18.2 Å². The van der Waals surface area contributed by atoms with Crippen LogP contribution in [-0.2, 0) is 7.05 Å². The zero-order valence-corrected chi connectivity index (χ0v) is 14.7. The Bertz CT molecular complexity index is 1380. The minimum absolute atomic E-state index is 0.223. The van der Waals surface area contributed by atoms with E-state index in [-0.39, 0.29) is 10.9 Å². The molecular weight excluding hydrogens is 368 g/mol. The molecule has 0 aliphatic heterocycles. The van der Waals surface area contributed by atoms with Crippen LogP contribution in [0.3, 0.4) is 0 Å². The molecule has 0 aliphatic rings. The smallest absolute Gasteiger partial charge is 0.209 e. The molecule has 5 aromatic rings. The van der Waals surface area contributed by atoms with Gasteiger partial charge >= 0.3 is 0 Å². The minimum Gasteiger partial charge on any atom is -0.345 e. The second kappa shape index (κ2) is 5.71. The topological polar surface area (TPSA) is 118 Å². The predicted molar refractivity (Wildman–Crippen MR) is 100 cm³/mol. The summed E-state index contributed by atoms with van der Waals surface area (Å²) in [5.41, 5.74) is 3.87. The fourth-order valence-electron chi connectivity index (χ4n) is 2.95. The van der Waals surface area contributed by atoms with Crippen LogP contribution in [0, 0.1) is 0 Å². The maximum Gasteiger partial charge on any atom is 0.209 e. The van der Waals surface area contributed by atoms with Gasteiger partial charge < -0.3 is 4.98 Å². The number of aryl methyl sites for hydroxylation is 1. The summed E-state index contributed by atoms with van der Waals surface area (Å²) < 4.78 is 1.67. The first kappa shape index (κ1) is 15.6. The lowest BCUT2D eigenvalue weighted by atomic mass is 10.1. The third kappa shape index (κ3) is 2.48. The number of hydrogen-bond donors (Lipinski definition) is 2. The molecule has 4 heterocycles. The normalized spacial score (nSPS) is 11.5. The largest absolute Gasteiger partial charge is 0.345 e. The third-order valence-electron chi connectivity index (χ3n) is 4.19. The lowest BCUT2D eigenvalue weighted by molar-refractivity contribution is 0.770. The molecule has 10 heteroatoms. The molecule has 0 aliphatic carbocycles. The first-order valence-electron chi connectivity index (χ1n) is 8.00. The number of halogens is 1. The van der Waals surface area contributed by atoms with E-state index < -0.39 is 0 Å². The Morgan fingerprint density at radius 1 is 1.07 bits per heavy atom. The minimum atomic E-state index is -0.223. The number of rotatable bonds is 2. The van der Waals surface area contributed by atoms with Crippen molar-refractivity contribution in [3.63, 3.8) is 0 Å². The molecule has 0 saturated heterocycles. The Kier molecular flexibility index (Phi) is 3.31. The van der Waals surface area contributed by atoms with E-state index >= 15 is 0 Å². The summed E-state index contributed by atoms with van der Waals surface area (Å²) in [7, 11) is 1.82. The molecule has 27 heavy (non-hydrogen) atoms. The lowest BCUT2D eigenvalue weighted by Gasteiger charge is -2.08. The van der Waals surface area contributed by atoms with Crippen LogP contribution in [0.4, 0.5) is 0 Å². The molecule has 0 unspecified atom stereocenters. The SMILES string of the molecule is Cn1ccc(-c2nc3[nH]ccc(=O)c3nc2-c2cc(Cl)c3n[nH]nc3c2)n1. The van der Waals surface area contributed by atoms with Crippen molar-refractivity contribution in [2.45, 2.75) is 0 Å². The van der Waals surface area contributed by atoms with E-state index in [4.69, 9.17) is 11.6 Å². The van der Waals surface area contributed by atoms with Crippen LogP contribution in [0.1, 0.15) is 0 Å². The molecule has 0 amide bonds. The van der Waals surface area contributed by atoms with E-state index in [1.54, 1.807) is 23.0 Å². The summed E-state index contributed by atoms with van der Waals surface area (Å²) in [5, 5.41) is 15.5. The molecule has 9 nitrogen and oxygen atoms in total. The summed E-state index contributed by atoms with van der Waals surface area (Å²) in [6, 6.07) is 6.77. The number of aromatic nitrogens is 8. The van der Waals surface area contributed by atoms with Gasteiger partial charge in [-0.1, -0.05) is 11.6 Å². The number of fused-ring (bicyclic) bond motifs is 2. The molecule has 1 aromatic carbocycles. The second-order valence-corrected chi connectivity index (χ2v) is 6.39. The van der Waals surface area contributed by atoms with Gasteiger partial charge in [0.2, 0.25) is 5.43 Å². The van der Waals surface area contributed by atoms with Crippen LogP contribution in [0.25, 0.3) is 44.8 Å². The van der Waals surface area contributed by atoms with Crippen LogP contribution in [0.5, 0.6) is 0 Å². The molecule has 0 saturated carbocycles. The lowest BCUT2D eigenvalue weighted by Crippen LogP contribution is -2.07. The summed E-state index contributed by atoms with van der Waals surface area (Å²) in [5.74, 6) is 0. The molecule has 5 rings (SSSR count). The number of benzene rings is 1. The Morgan fingerprint density at radius 2 is 1.96 bits per heavy atom. The van der Waals surface area contributed by atoms with Crippen LogP contribution < -0.4 is 5.43 Å². The fraction of sp³-hybridized carbons (Fsp3) is 0.0588. The molecule has 0 spiro atoms. The van der Waals surface area contributed by atoms with E-state index in [0.717, 1.165) is 0 Å². The van der Waals surface area contributed by atoms with Crippen LogP contribution in [0.2, 0.25) is 5.02 Å². The average molecular weight is 379 g/mol. The van der Waals surface area contributed by atoms with Crippen molar-refractivity contribution >= 4 is 33.8 Å². The van der Waals surface area contributed by atoms with Crippen LogP contribution in [0.15, 0.2) is 41.5 Å². The summed E-state index contributed by atoms with van der Waals surface area (Å²) in [6.45, 7) is 0. The number of hydrogen-bond acceptors (Lipinski definition) is 6. The van der Waals surface area contributed by atoms with Gasteiger partial charge in [-0.3, -0.25) is 9.48 Å². The van der Waals surface area contributed by atoms with E-state index in [1.807, 2.05) is 19.3 Å². The highest BCUT2D eigenvalue weighted by Gasteiger charge is 2.18. The van der Waals surface area contributed by atoms with Crippen molar-refractivity contribution < 1.29 is 0 Å². The Morgan fingerprint density at radius 3 is 2.78 bits per heavy atom. The second-order valence-electron chi connectivity index (χ2n) is 5.98. The zero-order chi connectivity index (χ0) is 18.5. The third-order valence-corrected chi connectivity index (χ3v) is 4.48. The Balaban J connectivity index is 1.88. The van der Waals surface area contributed by atoms with E-state index in [2.05, 4.69) is 35.5 Å². The quantitative estimate of drug-likeness (QED) is 0.486. The highest BCUT2D eigenvalue weighted by atomic mass is 35.5. The maximum absolute atomic E-state index is 12.3. The van der Waals surface area contributed by atoms with Crippen molar-refractivity contribution in [2.75, 3.05) is 0 Å². The molecule has 0 radical (unpaired) electrons. The number of aromatic amines is 2. The fourth-order valence-corrected chi connectivity index (χ4v) is 3.21. The zero-order valence-electron chi connectivity index (χ0n) is 13.9. The standard InChI is InChI=1S/C17H11ClN8O/c1-26-5-3-10(24-26)15-13(20-16-12(27)2-4-19-17(16)21-15)8-6-9(18)14-11(7-8)22-25-23-14/h2-7H,1H3,(H,19,21,27)(H,22,23,25). The first-order chi connectivity index (χ1) is 13.1. The first-order valence-corrected chi connectivity index (χ1v) is 8.38. The monoisotopic (exact) mass is 378 g/mol. The van der Waals surface area contributed by atoms with Gasteiger partial charge in [0.05, 0.1) is 10.7 Å². The predicted octanol–water partition coefficient (Wildman–Crippen LogP) is 2.31. The highest BCUT2D eigenvalue weighted by Crippen LogP contribution is 2.33. The van der Waals surface area contributed by atoms with Gasteiger partial charge in [-0.2, -0.15) is 20.5 Å². The van der Waals surface area contributed by atoms with Gasteiger partial charge in [0.1, 0.15) is 22.4 Å². The summed E-state index contributed by atoms with van der Waals surface area (Å²) >= 11 is 6.35. The van der Waals surface area contributed by atoms with Crippen molar-refractivity contribution in [2.24, 2.45) is 7.05 Å². The number of nitrogens with zero attached hydrogens (tertiary/aromatic N) is 6. The van der Waals surface area contributed by atoms with Crippen molar-refractivity contribution in [1.29, 1.82) is 0 Å². The van der Waals surface area contributed by atoms with Gasteiger partial charge in [-0.15, -0.1) is 0 Å². The van der Waals surface area contributed by atoms with E-state index in [0.29, 0.717) is 44.3 Å². The van der Waals surface area contributed by atoms with Crippen molar-refractivity contribution in [1.82, 2.24) is 40.1 Å². The summed E-state index contributed by atoms with van der Waals surface area (Å²) in [6.07, 6.45) is 3.35. The number of pyridine rings is 1. The van der Waals surface area contributed by atoms with E-state index in [1.165, 1.54) is 6.07 Å². The van der Waals surface area contributed by atoms with Gasteiger partial charge in [0, 0.05) is 31.1 Å². The number of H-pyrrole nitrogens is 2. The van der Waals surface area contributed by atoms with Gasteiger partial charge in [-0.25, -0.2) is 9.97 Å². The average Bonchev–Trinajstić information content (AvgIpc) is 3.30. The maximum atomic E-state index is 12.3. The molecule has 0 atom stereocenters. The number of nitrogens with one attached hydrogen (secondary N) is 2. The van der Waals surface area contributed by atoms with Gasteiger partial charge in [0.25, 0.3) is 0 Å². The van der Waals surface area contributed by atoms with Crippen LogP contribution in [-0.4, -0.2) is 40.1 Å². The summed E-state index contributed by atoms with van der Waals surface area (Å²) in [4.78, 5) is 24.4. The highest BCUT2D eigenvalue weighted by molar-refractivity contribution is 6.35. The molecule has 4 aromatic heterocycles. The Hall–Kier alpha value is -3.59. The van der Waals surface area contributed by atoms with Crippen LogP contribution >= 0.6 is 11.6 Å². The van der Waals surface area contributed by atoms with Crippen molar-refractivity contribution in [3.8, 4) is 22.6 Å². The molecular formula is C17H11ClN8O. The molecule has 2 N–H and O–H groups in total. The van der Waals surface area contributed by atoms with E-state index in [9.17, 15) is 4.79 Å². The van der Waals surface area contributed by atoms with Gasteiger partial charge in [0.15, 0.2) is 11.2 Å². The molecule has 132 valence electrons. The molecule has 0 fully saturated rings. The Labute approximate surface area is 156 Å².